The molecule has 1 aliphatic rings. The quantitative estimate of drug-likeness (QED) is 0.485. The van der Waals surface area contributed by atoms with Crippen molar-refractivity contribution in [2.75, 3.05) is 0 Å². The van der Waals surface area contributed by atoms with Crippen molar-refractivity contribution in [3.05, 3.63) is 0 Å². The second kappa shape index (κ2) is 3.79. The lowest BCUT2D eigenvalue weighted by Gasteiger charge is -2.23. The van der Waals surface area contributed by atoms with Gasteiger partial charge in [-0.15, -0.1) is 0 Å². The summed E-state index contributed by atoms with van der Waals surface area (Å²) in [6, 6.07) is 0. The third-order valence-corrected chi connectivity index (χ3v) is 3.32. The minimum Gasteiger partial charge on any atom is -0.0826 e. The zero-order valence-corrected chi connectivity index (χ0v) is 8.23. The first-order valence-electron chi connectivity index (χ1n) is 3.95. The Morgan fingerprint density at radius 1 is 1.22 bits per heavy atom. The maximum atomic E-state index is 2.56. The van der Waals surface area contributed by atoms with Crippen LogP contribution in [0.4, 0.5) is 0 Å². The Kier molecular flexibility index (Phi) is 3.30. The molecule has 0 aromatic carbocycles. The molecule has 0 amide bonds. The minimum absolute atomic E-state index is 0.905. The van der Waals surface area contributed by atoms with E-state index in [0.29, 0.717) is 0 Å². The fourth-order valence-electron chi connectivity index (χ4n) is 1.59. The van der Waals surface area contributed by atoms with Gasteiger partial charge in [0.1, 0.15) is 0 Å². The highest BCUT2D eigenvalue weighted by Crippen LogP contribution is 2.29. The fourth-order valence-corrected chi connectivity index (χ4v) is 2.31. The molecule has 1 rings (SSSR count). The van der Waals surface area contributed by atoms with Gasteiger partial charge in [0.15, 0.2) is 0 Å². The number of hydrogen-bond acceptors (Lipinski definition) is 0. The second-order valence-electron chi connectivity index (χ2n) is 3.08. The molecule has 1 saturated carbocycles. The summed E-state index contributed by atoms with van der Waals surface area (Å²) in [5.74, 6) is 1.04. The molecule has 1 aliphatic carbocycles. The Balaban J connectivity index is 2.23. The maximum absolute atomic E-state index is 2.56. The Labute approximate surface area is 71.5 Å². The molecule has 0 aromatic heterocycles. The van der Waals surface area contributed by atoms with Gasteiger partial charge >= 0.3 is 0 Å². The molecular weight excluding hydrogens is 223 g/mol. The van der Waals surface area contributed by atoms with Crippen molar-refractivity contribution in [3.63, 3.8) is 0 Å². The lowest BCUT2D eigenvalue weighted by molar-refractivity contribution is 0.363. The van der Waals surface area contributed by atoms with Crippen LogP contribution in [-0.2, 0) is 0 Å². The lowest BCUT2D eigenvalue weighted by atomic mass is 9.88. The third-order valence-electron chi connectivity index (χ3n) is 2.30. The van der Waals surface area contributed by atoms with Crippen molar-refractivity contribution in [3.8, 4) is 0 Å². The van der Waals surface area contributed by atoms with Crippen molar-refractivity contribution in [1.82, 2.24) is 0 Å². The molecule has 0 unspecified atom stereocenters. The van der Waals surface area contributed by atoms with E-state index in [1.54, 1.807) is 0 Å². The zero-order valence-electron chi connectivity index (χ0n) is 6.07. The zero-order chi connectivity index (χ0) is 6.69. The van der Waals surface area contributed by atoms with Crippen LogP contribution in [-0.4, -0.2) is 3.92 Å². The number of alkyl halides is 1. The lowest BCUT2D eigenvalue weighted by Crippen LogP contribution is -2.14. The van der Waals surface area contributed by atoms with Gasteiger partial charge in [0.05, 0.1) is 0 Å². The molecule has 0 aromatic rings. The van der Waals surface area contributed by atoms with Crippen LogP contribution in [0, 0.1) is 5.92 Å². The van der Waals surface area contributed by atoms with Crippen LogP contribution in [0.5, 0.6) is 0 Å². The van der Waals surface area contributed by atoms with Gasteiger partial charge in [0.25, 0.3) is 0 Å². The van der Waals surface area contributed by atoms with Gasteiger partial charge in [0, 0.05) is 3.92 Å². The Hall–Kier alpha value is 0.730. The average molecular weight is 238 g/mol. The summed E-state index contributed by atoms with van der Waals surface area (Å²) in [5.41, 5.74) is 0. The van der Waals surface area contributed by atoms with E-state index in [1.165, 1.54) is 32.1 Å². The average Bonchev–Trinajstić information content (AvgIpc) is 1.90. The summed E-state index contributed by atoms with van der Waals surface area (Å²) in [4.78, 5) is 0. The van der Waals surface area contributed by atoms with Crippen LogP contribution in [0.15, 0.2) is 0 Å². The van der Waals surface area contributed by atoms with Crippen LogP contribution < -0.4 is 0 Å². The van der Waals surface area contributed by atoms with Gasteiger partial charge in [-0.05, 0) is 18.8 Å². The van der Waals surface area contributed by atoms with E-state index in [0.717, 1.165) is 9.84 Å². The molecule has 0 bridgehead atoms. The highest BCUT2D eigenvalue weighted by atomic mass is 127. The largest absolute Gasteiger partial charge is 0.0826 e. The van der Waals surface area contributed by atoms with Gasteiger partial charge < -0.3 is 0 Å². The number of rotatable bonds is 1. The molecule has 9 heavy (non-hydrogen) atoms. The van der Waals surface area contributed by atoms with Crippen molar-refractivity contribution >= 4 is 22.6 Å². The predicted molar refractivity (Wildman–Crippen MR) is 50.1 cm³/mol. The summed E-state index contributed by atoms with van der Waals surface area (Å²) < 4.78 is 0.905. The molecule has 0 heterocycles. The summed E-state index contributed by atoms with van der Waals surface area (Å²) in [5, 5.41) is 0. The monoisotopic (exact) mass is 238 g/mol. The van der Waals surface area contributed by atoms with Crippen LogP contribution >= 0.6 is 22.6 Å². The normalized spacial score (nSPS) is 26.0. The molecule has 1 fully saturated rings. The van der Waals surface area contributed by atoms with E-state index in [-0.39, 0.29) is 0 Å². The Morgan fingerprint density at radius 2 is 1.78 bits per heavy atom. The van der Waals surface area contributed by atoms with Crippen molar-refractivity contribution < 1.29 is 0 Å². The molecule has 0 saturated heterocycles. The van der Waals surface area contributed by atoms with E-state index in [2.05, 4.69) is 29.5 Å². The van der Waals surface area contributed by atoms with E-state index >= 15 is 0 Å². The van der Waals surface area contributed by atoms with Crippen molar-refractivity contribution in [1.29, 1.82) is 0 Å². The van der Waals surface area contributed by atoms with Crippen molar-refractivity contribution in [2.24, 2.45) is 5.92 Å². The Morgan fingerprint density at radius 3 is 2.11 bits per heavy atom. The van der Waals surface area contributed by atoms with Gasteiger partial charge in [-0.1, -0.05) is 48.8 Å². The molecular formula is C8H15I. The van der Waals surface area contributed by atoms with Crippen LogP contribution in [0.25, 0.3) is 0 Å². The number of hydrogen-bond donors (Lipinski definition) is 0. The molecule has 1 heteroatoms. The first-order chi connectivity index (χ1) is 4.30. The molecule has 0 N–H and O–H groups in total. The summed E-state index contributed by atoms with van der Waals surface area (Å²) in [6.07, 6.45) is 7.43. The molecule has 0 spiro atoms. The molecule has 0 nitrogen and oxygen atoms in total. The molecule has 1 atom stereocenters. The van der Waals surface area contributed by atoms with E-state index in [9.17, 15) is 0 Å². The van der Waals surface area contributed by atoms with Crippen LogP contribution in [0.2, 0.25) is 0 Å². The number of halogens is 1. The fraction of sp³-hybridized carbons (Fsp3) is 1.00. The standard InChI is InChI=1S/C8H15I/c1-7(9)8-5-3-2-4-6-8/h7-8H,2-6H2,1H3/t7-/m1/s1. The van der Waals surface area contributed by atoms with Gasteiger partial charge in [0.2, 0.25) is 0 Å². The van der Waals surface area contributed by atoms with Crippen LogP contribution in [0.3, 0.4) is 0 Å². The molecule has 0 aliphatic heterocycles. The highest BCUT2D eigenvalue weighted by molar-refractivity contribution is 14.1. The second-order valence-corrected chi connectivity index (χ2v) is 5.04. The summed E-state index contributed by atoms with van der Waals surface area (Å²) in [7, 11) is 0. The van der Waals surface area contributed by atoms with Gasteiger partial charge in [-0.25, -0.2) is 0 Å². The minimum atomic E-state index is 0.905. The van der Waals surface area contributed by atoms with E-state index < -0.39 is 0 Å². The van der Waals surface area contributed by atoms with Crippen LogP contribution in [0.1, 0.15) is 39.0 Å². The SMILES string of the molecule is C[C@@H](I)C1CCCCC1. The topological polar surface area (TPSA) is 0 Å². The molecule has 0 radical (unpaired) electrons. The van der Waals surface area contributed by atoms with Gasteiger partial charge in [-0.2, -0.15) is 0 Å². The third kappa shape index (κ3) is 2.44. The smallest absolute Gasteiger partial charge is 0.0110 e. The predicted octanol–water partition coefficient (Wildman–Crippen LogP) is 3.39. The van der Waals surface area contributed by atoms with E-state index in [1.807, 2.05) is 0 Å². The maximum Gasteiger partial charge on any atom is 0.0110 e. The van der Waals surface area contributed by atoms with Gasteiger partial charge in [-0.3, -0.25) is 0 Å². The first kappa shape index (κ1) is 7.83. The summed E-state index contributed by atoms with van der Waals surface area (Å²) in [6.45, 7) is 2.34. The summed E-state index contributed by atoms with van der Waals surface area (Å²) >= 11 is 2.56. The first-order valence-corrected chi connectivity index (χ1v) is 5.19. The molecule has 54 valence electrons. The van der Waals surface area contributed by atoms with Crippen molar-refractivity contribution in [2.45, 2.75) is 43.0 Å². The van der Waals surface area contributed by atoms with E-state index in [4.69, 9.17) is 0 Å². The Bertz CT molecular complexity index is 72.6. The highest BCUT2D eigenvalue weighted by Gasteiger charge is 2.16.